The van der Waals surface area contributed by atoms with Crippen LogP contribution in [0, 0.1) is 18.3 Å². The highest BCUT2D eigenvalue weighted by Gasteiger charge is 2.21. The van der Waals surface area contributed by atoms with Gasteiger partial charge in [-0.15, -0.1) is 11.3 Å². The van der Waals surface area contributed by atoms with Crippen LogP contribution in [0.5, 0.6) is 11.5 Å². The Hall–Kier alpha value is -3.31. The van der Waals surface area contributed by atoms with Crippen LogP contribution >= 0.6 is 11.3 Å². The van der Waals surface area contributed by atoms with E-state index in [0.29, 0.717) is 33.5 Å². The van der Waals surface area contributed by atoms with Crippen molar-refractivity contribution in [2.24, 2.45) is 0 Å². The van der Waals surface area contributed by atoms with Gasteiger partial charge in [0, 0.05) is 6.08 Å². The molecule has 0 bridgehead atoms. The fourth-order valence-corrected chi connectivity index (χ4v) is 3.95. The van der Waals surface area contributed by atoms with Crippen LogP contribution in [0.3, 0.4) is 0 Å². The van der Waals surface area contributed by atoms with Gasteiger partial charge in [-0.3, -0.25) is 4.79 Å². The number of nitrogens with zero attached hydrogens (tertiary/aromatic N) is 1. The van der Waals surface area contributed by atoms with Crippen molar-refractivity contribution in [3.05, 3.63) is 45.8 Å². The second-order valence-corrected chi connectivity index (χ2v) is 7.90. The highest BCUT2D eigenvalue weighted by molar-refractivity contribution is 7.18. The molecule has 2 aromatic rings. The Morgan fingerprint density at radius 1 is 1.22 bits per heavy atom. The molecule has 0 aliphatic rings. The summed E-state index contributed by atoms with van der Waals surface area (Å²) in [6, 6.07) is 7.46. The van der Waals surface area contributed by atoms with E-state index in [9.17, 15) is 14.9 Å². The number of anilines is 1. The normalized spacial score (nSPS) is 10.6. The van der Waals surface area contributed by atoms with Gasteiger partial charge in [0.2, 0.25) is 5.91 Å². The van der Waals surface area contributed by atoms with Crippen LogP contribution in [0.15, 0.2) is 24.3 Å². The lowest BCUT2D eigenvalue weighted by Gasteiger charge is -2.11. The van der Waals surface area contributed by atoms with Crippen LogP contribution in [0.2, 0.25) is 0 Å². The molecule has 1 aromatic heterocycles. The smallest absolute Gasteiger partial charge is 0.348 e. The summed E-state index contributed by atoms with van der Waals surface area (Å²) < 4.78 is 16.2. The predicted octanol–water partition coefficient (Wildman–Crippen LogP) is 5.33. The van der Waals surface area contributed by atoms with Gasteiger partial charge in [0.25, 0.3) is 0 Å². The third-order valence-electron chi connectivity index (χ3n) is 4.58. The van der Waals surface area contributed by atoms with Gasteiger partial charge >= 0.3 is 5.97 Å². The van der Waals surface area contributed by atoms with Crippen molar-refractivity contribution >= 4 is 34.3 Å². The van der Waals surface area contributed by atoms with Crippen LogP contribution in [0.1, 0.15) is 59.5 Å². The molecule has 0 fully saturated rings. The topological polar surface area (TPSA) is 97.6 Å². The van der Waals surface area contributed by atoms with E-state index in [1.165, 1.54) is 6.08 Å². The molecule has 1 heterocycles. The van der Waals surface area contributed by atoms with Gasteiger partial charge in [-0.25, -0.2) is 4.79 Å². The molecule has 0 saturated carbocycles. The van der Waals surface area contributed by atoms with Crippen molar-refractivity contribution in [3.63, 3.8) is 0 Å². The van der Waals surface area contributed by atoms with Gasteiger partial charge in [-0.05, 0) is 49.6 Å². The number of nitrogens with one attached hydrogen (secondary N) is 1. The van der Waals surface area contributed by atoms with Crippen molar-refractivity contribution < 1.29 is 23.8 Å². The molecule has 1 amide bonds. The summed E-state index contributed by atoms with van der Waals surface area (Å²) in [7, 11) is 1.57. The van der Waals surface area contributed by atoms with Gasteiger partial charge in [0.05, 0.1) is 25.9 Å². The second-order valence-electron chi connectivity index (χ2n) is 6.88. The van der Waals surface area contributed by atoms with Crippen molar-refractivity contribution in [2.75, 3.05) is 25.6 Å². The number of methoxy groups -OCH3 is 1. The minimum absolute atomic E-state index is 0.231. The Bertz CT molecular complexity index is 1020. The highest BCUT2D eigenvalue weighted by atomic mass is 32.1. The number of amides is 1. The number of rotatable bonds is 11. The Labute approximate surface area is 192 Å². The fourth-order valence-electron chi connectivity index (χ4n) is 2.89. The number of thiophene rings is 1. The molecule has 0 spiro atoms. The van der Waals surface area contributed by atoms with Crippen molar-refractivity contribution in [3.8, 4) is 17.6 Å². The highest BCUT2D eigenvalue weighted by Crippen LogP contribution is 2.33. The lowest BCUT2D eigenvalue weighted by molar-refractivity contribution is -0.111. The fraction of sp³-hybridized carbons (Fsp3) is 0.375. The zero-order valence-electron chi connectivity index (χ0n) is 18.8. The molecule has 0 unspecified atom stereocenters. The lowest BCUT2D eigenvalue weighted by Crippen LogP contribution is -2.07. The first-order valence-electron chi connectivity index (χ1n) is 10.5. The summed E-state index contributed by atoms with van der Waals surface area (Å²) in [4.78, 5) is 24.8. The van der Waals surface area contributed by atoms with E-state index in [-0.39, 0.29) is 12.2 Å². The van der Waals surface area contributed by atoms with E-state index in [4.69, 9.17) is 14.2 Å². The number of carbonyl (C=O) groups is 2. The molecule has 0 aliphatic heterocycles. The molecule has 1 aromatic carbocycles. The molecular weight excluding hydrogens is 428 g/mol. The van der Waals surface area contributed by atoms with Crippen LogP contribution in [0.25, 0.3) is 6.08 Å². The second kappa shape index (κ2) is 12.5. The zero-order valence-corrected chi connectivity index (χ0v) is 19.6. The molecule has 0 radical (unpaired) electrons. The molecule has 8 heteroatoms. The zero-order chi connectivity index (χ0) is 23.5. The Morgan fingerprint density at radius 3 is 2.66 bits per heavy atom. The number of nitriles is 1. The molecule has 0 aliphatic carbocycles. The minimum Gasteiger partial charge on any atom is -0.493 e. The van der Waals surface area contributed by atoms with E-state index < -0.39 is 11.9 Å². The number of benzene rings is 1. The summed E-state index contributed by atoms with van der Waals surface area (Å²) in [5, 5.41) is 12.4. The van der Waals surface area contributed by atoms with Crippen LogP contribution in [0.4, 0.5) is 5.00 Å². The first kappa shape index (κ1) is 25.0. The molecule has 32 heavy (non-hydrogen) atoms. The van der Waals surface area contributed by atoms with E-state index in [1.807, 2.05) is 18.2 Å². The third-order valence-corrected chi connectivity index (χ3v) is 5.76. The summed E-state index contributed by atoms with van der Waals surface area (Å²) in [5.41, 5.74) is 1.51. The van der Waals surface area contributed by atoms with Gasteiger partial charge in [-0.2, -0.15) is 5.26 Å². The molecule has 0 atom stereocenters. The molecule has 170 valence electrons. The van der Waals surface area contributed by atoms with Crippen LogP contribution in [-0.2, 0) is 9.53 Å². The monoisotopic (exact) mass is 456 g/mol. The Kier molecular flexibility index (Phi) is 9.76. The lowest BCUT2D eigenvalue weighted by atomic mass is 10.1. The van der Waals surface area contributed by atoms with Crippen molar-refractivity contribution in [2.45, 2.75) is 40.0 Å². The number of ether oxygens (including phenoxy) is 3. The van der Waals surface area contributed by atoms with E-state index in [1.54, 1.807) is 33.1 Å². The molecule has 2 rings (SSSR count). The van der Waals surface area contributed by atoms with E-state index >= 15 is 0 Å². The van der Waals surface area contributed by atoms with Gasteiger partial charge in [-0.1, -0.05) is 25.8 Å². The average Bonchev–Trinajstić information content (AvgIpc) is 3.10. The van der Waals surface area contributed by atoms with Crippen molar-refractivity contribution in [1.82, 2.24) is 0 Å². The standard InChI is InChI=1S/C24H28N2O5S/c1-5-7-8-13-31-19-11-9-17(14-20(19)29-4)10-12-21(27)26-23-18(15-25)16(3)22(32-23)24(28)30-6-2/h9-12,14H,5-8,13H2,1-4H3,(H,26,27)/b12-10+. The van der Waals surface area contributed by atoms with Crippen LogP contribution in [-0.4, -0.2) is 32.2 Å². The summed E-state index contributed by atoms with van der Waals surface area (Å²) in [6.07, 6.45) is 6.20. The first-order valence-corrected chi connectivity index (χ1v) is 11.3. The summed E-state index contributed by atoms with van der Waals surface area (Å²) in [6.45, 7) is 6.36. The van der Waals surface area contributed by atoms with E-state index in [0.717, 1.165) is 36.2 Å². The van der Waals surface area contributed by atoms with Gasteiger partial charge in [0.15, 0.2) is 11.5 Å². The largest absolute Gasteiger partial charge is 0.493 e. The SMILES string of the molecule is CCCCCOc1ccc(/C=C/C(=O)Nc2sc(C(=O)OCC)c(C)c2C#N)cc1OC. The number of hydrogen-bond donors (Lipinski definition) is 1. The van der Waals surface area contributed by atoms with Crippen LogP contribution < -0.4 is 14.8 Å². The molecule has 0 saturated heterocycles. The maximum Gasteiger partial charge on any atom is 0.348 e. The third kappa shape index (κ3) is 6.59. The number of hydrogen-bond acceptors (Lipinski definition) is 7. The number of esters is 1. The maximum absolute atomic E-state index is 12.4. The summed E-state index contributed by atoms with van der Waals surface area (Å²) in [5.74, 6) is 0.317. The average molecular weight is 457 g/mol. The molecule has 7 nitrogen and oxygen atoms in total. The predicted molar refractivity (Wildman–Crippen MR) is 125 cm³/mol. The minimum atomic E-state index is -0.508. The summed E-state index contributed by atoms with van der Waals surface area (Å²) >= 11 is 1.03. The quantitative estimate of drug-likeness (QED) is 0.279. The van der Waals surface area contributed by atoms with E-state index in [2.05, 4.69) is 12.2 Å². The van der Waals surface area contributed by atoms with Crippen molar-refractivity contribution in [1.29, 1.82) is 5.26 Å². The number of unbranched alkanes of at least 4 members (excludes halogenated alkanes) is 2. The first-order chi connectivity index (χ1) is 15.4. The molecular formula is C24H28N2O5S. The number of carbonyl (C=O) groups excluding carboxylic acids is 2. The Balaban J connectivity index is 2.10. The Morgan fingerprint density at radius 2 is 2.00 bits per heavy atom. The van der Waals surface area contributed by atoms with Gasteiger partial charge < -0.3 is 19.5 Å². The van der Waals surface area contributed by atoms with Gasteiger partial charge in [0.1, 0.15) is 15.9 Å². The molecule has 1 N–H and O–H groups in total. The maximum atomic E-state index is 12.4.